The van der Waals surface area contributed by atoms with Crippen molar-refractivity contribution in [2.75, 3.05) is 33.3 Å². The van der Waals surface area contributed by atoms with E-state index in [-0.39, 0.29) is 12.5 Å². The number of hydrogen-bond donors (Lipinski definition) is 2. The first kappa shape index (κ1) is 9.48. The van der Waals surface area contributed by atoms with E-state index in [1.54, 1.807) is 0 Å². The zero-order chi connectivity index (χ0) is 8.97. The molecule has 0 bridgehead atoms. The van der Waals surface area contributed by atoms with Gasteiger partial charge in [-0.15, -0.1) is 0 Å². The molecule has 0 aromatic carbocycles. The second-order valence-electron chi connectivity index (χ2n) is 3.12. The van der Waals surface area contributed by atoms with Gasteiger partial charge in [0.15, 0.2) is 0 Å². The molecule has 0 fully saturated rings. The number of rotatable bonds is 4. The van der Waals surface area contributed by atoms with Crippen LogP contribution < -0.4 is 5.73 Å². The van der Waals surface area contributed by atoms with E-state index in [1.165, 1.54) is 0 Å². The number of hydrogen-bond acceptors (Lipinski definition) is 4. The van der Waals surface area contributed by atoms with Gasteiger partial charge in [0.2, 0.25) is 0 Å². The van der Waals surface area contributed by atoms with Crippen LogP contribution in [0.25, 0.3) is 0 Å². The predicted molar refractivity (Wildman–Crippen MR) is 49.2 cm³/mol. The lowest BCUT2D eigenvalue weighted by Gasteiger charge is -2.20. The van der Waals surface area contributed by atoms with Gasteiger partial charge >= 0.3 is 0 Å². The van der Waals surface area contributed by atoms with Crippen molar-refractivity contribution in [3.8, 4) is 0 Å². The van der Waals surface area contributed by atoms with Crippen LogP contribution in [0.1, 0.15) is 6.42 Å². The highest BCUT2D eigenvalue weighted by molar-refractivity contribution is 5.85. The molecule has 4 heteroatoms. The Morgan fingerprint density at radius 3 is 2.92 bits per heavy atom. The Labute approximate surface area is 73.1 Å². The highest BCUT2D eigenvalue weighted by Crippen LogP contribution is 2.11. The average molecular weight is 171 g/mol. The Balaban J connectivity index is 2.52. The minimum Gasteiger partial charge on any atom is -0.396 e. The van der Waals surface area contributed by atoms with Gasteiger partial charge in [0, 0.05) is 19.5 Å². The van der Waals surface area contributed by atoms with Crippen molar-refractivity contribution >= 4 is 5.84 Å². The van der Waals surface area contributed by atoms with Crippen molar-refractivity contribution in [1.29, 1.82) is 0 Å². The van der Waals surface area contributed by atoms with Gasteiger partial charge in [-0.1, -0.05) is 0 Å². The number of aliphatic hydroxyl groups excluding tert-OH is 1. The largest absolute Gasteiger partial charge is 0.396 e. The quantitative estimate of drug-likeness (QED) is 0.587. The summed E-state index contributed by atoms with van der Waals surface area (Å²) in [6, 6.07) is 0. The van der Waals surface area contributed by atoms with Crippen LogP contribution in [0.2, 0.25) is 0 Å². The van der Waals surface area contributed by atoms with E-state index in [2.05, 4.69) is 9.89 Å². The second kappa shape index (κ2) is 4.42. The molecule has 0 aromatic heterocycles. The summed E-state index contributed by atoms with van der Waals surface area (Å²) < 4.78 is 0. The van der Waals surface area contributed by atoms with E-state index < -0.39 is 0 Å². The maximum atomic E-state index is 9.07. The Morgan fingerprint density at radius 1 is 1.75 bits per heavy atom. The molecule has 1 aliphatic rings. The number of likely N-dealkylation sites (N-methyl/N-ethyl adjacent to an activating group) is 1. The van der Waals surface area contributed by atoms with Gasteiger partial charge in [-0.3, -0.25) is 4.99 Å². The Bertz CT molecular complexity index is 170. The van der Waals surface area contributed by atoms with E-state index in [1.807, 2.05) is 7.05 Å². The third-order valence-electron chi connectivity index (χ3n) is 2.20. The fourth-order valence-electron chi connectivity index (χ4n) is 1.49. The fourth-order valence-corrected chi connectivity index (χ4v) is 1.49. The summed E-state index contributed by atoms with van der Waals surface area (Å²) in [4.78, 5) is 6.43. The number of aliphatic imine (C=N–C) groups is 1. The third-order valence-corrected chi connectivity index (χ3v) is 2.20. The summed E-state index contributed by atoms with van der Waals surface area (Å²) in [5.41, 5.74) is 5.43. The molecular weight excluding hydrogens is 154 g/mol. The first-order valence-corrected chi connectivity index (χ1v) is 4.36. The first-order valence-electron chi connectivity index (χ1n) is 4.36. The number of aliphatic hydroxyl groups is 1. The predicted octanol–water partition coefficient (Wildman–Crippen LogP) is -0.712. The molecule has 0 saturated heterocycles. The van der Waals surface area contributed by atoms with Crippen molar-refractivity contribution in [1.82, 2.24) is 4.90 Å². The molecule has 4 nitrogen and oxygen atoms in total. The number of nitrogens with zero attached hydrogens (tertiary/aromatic N) is 2. The van der Waals surface area contributed by atoms with Crippen molar-refractivity contribution in [2.45, 2.75) is 6.42 Å². The van der Waals surface area contributed by atoms with Crippen molar-refractivity contribution in [2.24, 2.45) is 16.6 Å². The van der Waals surface area contributed by atoms with Crippen LogP contribution in [-0.4, -0.2) is 49.1 Å². The molecule has 0 spiro atoms. The third kappa shape index (κ3) is 1.95. The smallest absolute Gasteiger partial charge is 0.104 e. The van der Waals surface area contributed by atoms with Gasteiger partial charge in [-0.2, -0.15) is 0 Å². The number of amidine groups is 1. The molecule has 70 valence electrons. The minimum absolute atomic E-state index is 0.141. The summed E-state index contributed by atoms with van der Waals surface area (Å²) in [6.07, 6.45) is 0.819. The van der Waals surface area contributed by atoms with Gasteiger partial charge in [-0.25, -0.2) is 0 Å². The van der Waals surface area contributed by atoms with Crippen molar-refractivity contribution in [3.05, 3.63) is 0 Å². The summed E-state index contributed by atoms with van der Waals surface area (Å²) in [5, 5.41) is 9.07. The summed E-state index contributed by atoms with van der Waals surface area (Å²) >= 11 is 0. The Kier molecular flexibility index (Phi) is 3.49. The van der Waals surface area contributed by atoms with E-state index in [9.17, 15) is 0 Å². The van der Waals surface area contributed by atoms with E-state index in [0.717, 1.165) is 25.3 Å². The zero-order valence-corrected chi connectivity index (χ0v) is 7.53. The van der Waals surface area contributed by atoms with E-state index in [0.29, 0.717) is 6.54 Å². The maximum absolute atomic E-state index is 9.07. The molecule has 1 aliphatic heterocycles. The zero-order valence-electron chi connectivity index (χ0n) is 7.53. The maximum Gasteiger partial charge on any atom is 0.104 e. The highest BCUT2D eigenvalue weighted by atomic mass is 16.3. The molecule has 0 aromatic rings. The lowest BCUT2D eigenvalue weighted by Crippen LogP contribution is -2.32. The Morgan fingerprint density at radius 2 is 2.50 bits per heavy atom. The molecule has 0 amide bonds. The van der Waals surface area contributed by atoms with Crippen molar-refractivity contribution < 1.29 is 5.11 Å². The van der Waals surface area contributed by atoms with Crippen LogP contribution in [0.4, 0.5) is 0 Å². The highest BCUT2D eigenvalue weighted by Gasteiger charge is 2.21. The van der Waals surface area contributed by atoms with Gasteiger partial charge < -0.3 is 15.7 Å². The second-order valence-corrected chi connectivity index (χ2v) is 3.12. The fraction of sp³-hybridized carbons (Fsp3) is 0.875. The topological polar surface area (TPSA) is 61.8 Å². The summed E-state index contributed by atoms with van der Waals surface area (Å²) in [6.45, 7) is 2.59. The Hall–Kier alpha value is -0.610. The lowest BCUT2D eigenvalue weighted by atomic mass is 10.1. The van der Waals surface area contributed by atoms with Crippen LogP contribution in [0, 0.1) is 5.92 Å². The van der Waals surface area contributed by atoms with Gasteiger partial charge in [0.1, 0.15) is 5.84 Å². The number of nitrogens with two attached hydrogens (primary N) is 1. The van der Waals surface area contributed by atoms with E-state index in [4.69, 9.17) is 10.8 Å². The summed E-state index contributed by atoms with van der Waals surface area (Å²) in [5.74, 6) is 1.16. The minimum atomic E-state index is 0.141. The molecule has 12 heavy (non-hydrogen) atoms. The normalized spacial score (nSPS) is 19.6. The van der Waals surface area contributed by atoms with Crippen LogP contribution in [0.3, 0.4) is 0 Å². The van der Waals surface area contributed by atoms with Gasteiger partial charge in [0.25, 0.3) is 0 Å². The molecule has 1 rings (SSSR count). The molecule has 0 radical (unpaired) electrons. The van der Waals surface area contributed by atoms with Crippen molar-refractivity contribution in [3.63, 3.8) is 0 Å². The molecule has 0 aliphatic carbocycles. The van der Waals surface area contributed by atoms with Crippen LogP contribution in [0.5, 0.6) is 0 Å². The molecule has 0 saturated carbocycles. The van der Waals surface area contributed by atoms with Gasteiger partial charge in [0.05, 0.1) is 13.2 Å². The van der Waals surface area contributed by atoms with Crippen LogP contribution in [0.15, 0.2) is 4.99 Å². The molecule has 1 heterocycles. The molecule has 1 atom stereocenters. The SMILES string of the molecule is CN1CCN=C1C(CO)CCN. The first-order chi connectivity index (χ1) is 5.79. The lowest BCUT2D eigenvalue weighted by molar-refractivity contribution is 0.249. The van der Waals surface area contributed by atoms with Gasteiger partial charge in [-0.05, 0) is 13.0 Å². The average Bonchev–Trinajstić information content (AvgIpc) is 2.47. The van der Waals surface area contributed by atoms with Crippen LogP contribution in [-0.2, 0) is 0 Å². The molecule has 1 unspecified atom stereocenters. The standard InChI is InChI=1S/C8H17N3O/c1-11-5-4-10-8(11)7(6-12)2-3-9/h7,12H,2-6,9H2,1H3. The summed E-state index contributed by atoms with van der Waals surface area (Å²) in [7, 11) is 2.00. The molecule has 3 N–H and O–H groups in total. The molecular formula is C8H17N3O. The van der Waals surface area contributed by atoms with Crippen LogP contribution >= 0.6 is 0 Å². The van der Waals surface area contributed by atoms with E-state index >= 15 is 0 Å². The monoisotopic (exact) mass is 171 g/mol.